The minimum absolute atomic E-state index is 0.242. The fourth-order valence-corrected chi connectivity index (χ4v) is 2.88. The lowest BCUT2D eigenvalue weighted by Gasteiger charge is -2.31. The van der Waals surface area contributed by atoms with Crippen molar-refractivity contribution in [3.8, 4) is 0 Å². The van der Waals surface area contributed by atoms with Gasteiger partial charge in [-0.15, -0.1) is 0 Å². The zero-order valence-corrected chi connectivity index (χ0v) is 13.7. The highest BCUT2D eigenvalue weighted by Crippen LogP contribution is 2.19. The lowest BCUT2D eigenvalue weighted by Crippen LogP contribution is -2.42. The maximum Gasteiger partial charge on any atom is 0.129 e. The zero-order chi connectivity index (χ0) is 15.1. The van der Waals surface area contributed by atoms with Gasteiger partial charge in [0.2, 0.25) is 0 Å². The van der Waals surface area contributed by atoms with Crippen LogP contribution in [-0.4, -0.2) is 31.6 Å². The fraction of sp³-hybridized carbons (Fsp3) is 0.625. The second kappa shape index (κ2) is 8.60. The van der Waals surface area contributed by atoms with Crippen molar-refractivity contribution in [3.05, 3.63) is 34.6 Å². The van der Waals surface area contributed by atoms with Crippen molar-refractivity contribution in [3.63, 3.8) is 0 Å². The van der Waals surface area contributed by atoms with Gasteiger partial charge in [0, 0.05) is 29.7 Å². The first-order chi connectivity index (χ1) is 9.51. The molecule has 1 rings (SSSR count). The molecule has 0 aromatic heterocycles. The lowest BCUT2D eigenvalue weighted by molar-refractivity contribution is 0.193. The van der Waals surface area contributed by atoms with E-state index in [0.717, 1.165) is 19.4 Å². The topological polar surface area (TPSA) is 15.3 Å². The number of likely N-dealkylation sites (N-methyl/N-ethyl adjacent to an activating group) is 1. The number of benzene rings is 1. The quantitative estimate of drug-likeness (QED) is 0.782. The van der Waals surface area contributed by atoms with Gasteiger partial charge in [-0.3, -0.25) is 0 Å². The normalized spacial score (nSPS) is 13.2. The van der Waals surface area contributed by atoms with Crippen LogP contribution < -0.4 is 5.32 Å². The lowest BCUT2D eigenvalue weighted by atomic mass is 9.93. The first kappa shape index (κ1) is 17.4. The van der Waals surface area contributed by atoms with Gasteiger partial charge in [0.1, 0.15) is 5.82 Å². The van der Waals surface area contributed by atoms with Gasteiger partial charge in [0.05, 0.1) is 0 Å². The summed E-state index contributed by atoms with van der Waals surface area (Å²) in [5, 5.41) is 3.84. The Hall–Kier alpha value is -0.640. The minimum Gasteiger partial charge on any atom is -0.311 e. The van der Waals surface area contributed by atoms with E-state index in [2.05, 4.69) is 38.2 Å². The van der Waals surface area contributed by atoms with E-state index < -0.39 is 0 Å². The van der Waals surface area contributed by atoms with Crippen LogP contribution in [0.1, 0.15) is 32.3 Å². The molecule has 1 aromatic rings. The highest BCUT2D eigenvalue weighted by molar-refractivity contribution is 6.31. The van der Waals surface area contributed by atoms with E-state index in [-0.39, 0.29) is 5.82 Å². The molecule has 0 spiro atoms. The molecule has 4 heteroatoms. The SMILES string of the molecule is CCC(CC)C(CNCc1c(F)cccc1Cl)N(C)C. The van der Waals surface area contributed by atoms with Crippen molar-refractivity contribution in [1.82, 2.24) is 10.2 Å². The second-order valence-corrected chi connectivity index (χ2v) is 5.85. The van der Waals surface area contributed by atoms with Gasteiger partial charge in [-0.2, -0.15) is 0 Å². The molecule has 2 nitrogen and oxygen atoms in total. The van der Waals surface area contributed by atoms with Crippen LogP contribution >= 0.6 is 11.6 Å². The summed E-state index contributed by atoms with van der Waals surface area (Å²) < 4.78 is 13.7. The van der Waals surface area contributed by atoms with Gasteiger partial charge in [0.15, 0.2) is 0 Å². The molecule has 20 heavy (non-hydrogen) atoms. The van der Waals surface area contributed by atoms with Crippen molar-refractivity contribution in [2.24, 2.45) is 5.92 Å². The van der Waals surface area contributed by atoms with E-state index in [1.807, 2.05) is 0 Å². The molecule has 0 bridgehead atoms. The molecule has 1 aromatic carbocycles. The Morgan fingerprint density at radius 1 is 1.25 bits per heavy atom. The van der Waals surface area contributed by atoms with E-state index in [9.17, 15) is 4.39 Å². The summed E-state index contributed by atoms with van der Waals surface area (Å²) in [4.78, 5) is 2.24. The van der Waals surface area contributed by atoms with Gasteiger partial charge in [-0.1, -0.05) is 44.4 Å². The van der Waals surface area contributed by atoms with Crippen molar-refractivity contribution in [2.75, 3.05) is 20.6 Å². The first-order valence-corrected chi connectivity index (χ1v) is 7.69. The summed E-state index contributed by atoms with van der Waals surface area (Å²) in [6, 6.07) is 5.27. The van der Waals surface area contributed by atoms with Crippen LogP contribution in [-0.2, 0) is 6.54 Å². The van der Waals surface area contributed by atoms with Crippen LogP contribution in [0.15, 0.2) is 18.2 Å². The van der Waals surface area contributed by atoms with Crippen molar-refractivity contribution in [2.45, 2.75) is 39.3 Å². The van der Waals surface area contributed by atoms with Gasteiger partial charge in [0.25, 0.3) is 0 Å². The number of nitrogens with zero attached hydrogens (tertiary/aromatic N) is 1. The molecule has 0 amide bonds. The van der Waals surface area contributed by atoms with Crippen LogP contribution in [0.3, 0.4) is 0 Å². The summed E-state index contributed by atoms with van der Waals surface area (Å²) in [5.74, 6) is 0.405. The predicted molar refractivity (Wildman–Crippen MR) is 84.7 cm³/mol. The standard InChI is InChI=1S/C16H26ClFN2/c1-5-12(6-2)16(20(3)4)11-19-10-13-14(17)8-7-9-15(13)18/h7-9,12,16,19H,5-6,10-11H2,1-4H3. The minimum atomic E-state index is -0.242. The maximum atomic E-state index is 13.7. The maximum absolute atomic E-state index is 13.7. The molecule has 0 saturated heterocycles. The molecule has 0 radical (unpaired) electrons. The Kier molecular flexibility index (Phi) is 7.49. The van der Waals surface area contributed by atoms with E-state index in [1.165, 1.54) is 6.07 Å². The molecular weight excluding hydrogens is 275 g/mol. The highest BCUT2D eigenvalue weighted by atomic mass is 35.5. The Morgan fingerprint density at radius 2 is 1.90 bits per heavy atom. The third-order valence-corrected chi connectivity index (χ3v) is 4.33. The summed E-state index contributed by atoms with van der Waals surface area (Å²) in [5.41, 5.74) is 0.552. The van der Waals surface area contributed by atoms with Crippen LogP contribution in [0.2, 0.25) is 5.02 Å². The Labute approximate surface area is 127 Å². The number of halogens is 2. The average molecular weight is 301 g/mol. The molecule has 114 valence electrons. The Bertz CT molecular complexity index is 385. The first-order valence-electron chi connectivity index (χ1n) is 7.31. The molecule has 0 heterocycles. The van der Waals surface area contributed by atoms with E-state index >= 15 is 0 Å². The summed E-state index contributed by atoms with van der Waals surface area (Å²) in [6.07, 6.45) is 2.31. The number of nitrogens with one attached hydrogen (secondary N) is 1. The summed E-state index contributed by atoms with van der Waals surface area (Å²) in [7, 11) is 4.20. The van der Waals surface area contributed by atoms with Crippen LogP contribution in [0.5, 0.6) is 0 Å². The van der Waals surface area contributed by atoms with E-state index in [4.69, 9.17) is 11.6 Å². The third-order valence-electron chi connectivity index (χ3n) is 3.97. The molecule has 0 aliphatic heterocycles. The van der Waals surface area contributed by atoms with E-state index in [0.29, 0.717) is 29.1 Å². The third kappa shape index (κ3) is 4.72. The number of hydrogen-bond donors (Lipinski definition) is 1. The number of rotatable bonds is 8. The monoisotopic (exact) mass is 300 g/mol. The molecule has 0 saturated carbocycles. The molecule has 0 aliphatic carbocycles. The predicted octanol–water partition coefficient (Wildman–Crippen LogP) is 3.94. The van der Waals surface area contributed by atoms with Crippen molar-refractivity contribution in [1.29, 1.82) is 0 Å². The van der Waals surface area contributed by atoms with Crippen molar-refractivity contribution < 1.29 is 4.39 Å². The largest absolute Gasteiger partial charge is 0.311 e. The molecule has 1 atom stereocenters. The van der Waals surface area contributed by atoms with Crippen LogP contribution in [0.25, 0.3) is 0 Å². The molecule has 1 unspecified atom stereocenters. The number of hydrogen-bond acceptors (Lipinski definition) is 2. The fourth-order valence-electron chi connectivity index (χ4n) is 2.65. The molecular formula is C16H26ClFN2. The zero-order valence-electron chi connectivity index (χ0n) is 12.9. The second-order valence-electron chi connectivity index (χ2n) is 5.44. The molecule has 0 fully saturated rings. The van der Waals surface area contributed by atoms with Gasteiger partial charge in [-0.05, 0) is 32.1 Å². The summed E-state index contributed by atoms with van der Waals surface area (Å²) in [6.45, 7) is 5.75. The Balaban J connectivity index is 2.61. The van der Waals surface area contributed by atoms with Gasteiger partial charge >= 0.3 is 0 Å². The Morgan fingerprint density at radius 3 is 2.40 bits per heavy atom. The molecule has 1 N–H and O–H groups in total. The average Bonchev–Trinajstić information content (AvgIpc) is 2.40. The smallest absolute Gasteiger partial charge is 0.129 e. The van der Waals surface area contributed by atoms with E-state index in [1.54, 1.807) is 12.1 Å². The van der Waals surface area contributed by atoms with Crippen LogP contribution in [0.4, 0.5) is 4.39 Å². The van der Waals surface area contributed by atoms with Gasteiger partial charge < -0.3 is 10.2 Å². The molecule has 0 aliphatic rings. The van der Waals surface area contributed by atoms with Gasteiger partial charge in [-0.25, -0.2) is 4.39 Å². The summed E-state index contributed by atoms with van der Waals surface area (Å²) >= 11 is 6.03. The highest BCUT2D eigenvalue weighted by Gasteiger charge is 2.20. The van der Waals surface area contributed by atoms with Crippen LogP contribution in [0, 0.1) is 11.7 Å². The van der Waals surface area contributed by atoms with Crippen molar-refractivity contribution >= 4 is 11.6 Å².